The van der Waals surface area contributed by atoms with Crippen LogP contribution in [0.4, 0.5) is 5.69 Å². The van der Waals surface area contributed by atoms with E-state index in [2.05, 4.69) is 10.3 Å². The first-order valence-electron chi connectivity index (χ1n) is 6.63. The molecule has 2 rings (SSSR count). The molecule has 1 aromatic carbocycles. The van der Waals surface area contributed by atoms with Crippen molar-refractivity contribution in [3.63, 3.8) is 0 Å². The summed E-state index contributed by atoms with van der Waals surface area (Å²) >= 11 is 0. The lowest BCUT2D eigenvalue weighted by Gasteiger charge is -2.24. The second kappa shape index (κ2) is 5.94. The lowest BCUT2D eigenvalue weighted by molar-refractivity contribution is -0.384. The first-order chi connectivity index (χ1) is 10.3. The van der Waals surface area contributed by atoms with E-state index in [1.807, 2.05) is 0 Å². The van der Waals surface area contributed by atoms with Gasteiger partial charge in [0.2, 0.25) is 0 Å². The number of nitrogens with two attached hydrogens (primary N) is 1. The van der Waals surface area contributed by atoms with E-state index in [-0.39, 0.29) is 17.8 Å². The lowest BCUT2D eigenvalue weighted by Crippen LogP contribution is -2.48. The molecule has 22 heavy (non-hydrogen) atoms. The van der Waals surface area contributed by atoms with Gasteiger partial charge in [-0.05, 0) is 26.0 Å². The summed E-state index contributed by atoms with van der Waals surface area (Å²) in [5, 5.41) is 14.0. The Labute approximate surface area is 127 Å². The minimum absolute atomic E-state index is 0.170. The van der Waals surface area contributed by atoms with Crippen LogP contribution in [0.5, 0.6) is 0 Å². The van der Waals surface area contributed by atoms with Crippen LogP contribution in [-0.4, -0.2) is 32.5 Å². The van der Waals surface area contributed by atoms with E-state index in [4.69, 9.17) is 5.73 Å². The molecular formula is C14H17N5O3. The highest BCUT2D eigenvalue weighted by atomic mass is 16.6. The van der Waals surface area contributed by atoms with Gasteiger partial charge in [-0.2, -0.15) is 0 Å². The van der Waals surface area contributed by atoms with Crippen molar-refractivity contribution in [3.8, 4) is 5.69 Å². The van der Waals surface area contributed by atoms with Gasteiger partial charge in [0, 0.05) is 36.1 Å². The van der Waals surface area contributed by atoms with Crippen molar-refractivity contribution >= 4 is 11.6 Å². The maximum Gasteiger partial charge on any atom is 0.294 e. The summed E-state index contributed by atoms with van der Waals surface area (Å²) in [7, 11) is 0. The quantitative estimate of drug-likeness (QED) is 0.637. The summed E-state index contributed by atoms with van der Waals surface area (Å²) in [5.74, 6) is -0.407. The third kappa shape index (κ3) is 3.29. The van der Waals surface area contributed by atoms with E-state index in [9.17, 15) is 14.9 Å². The maximum absolute atomic E-state index is 12.2. The van der Waals surface area contributed by atoms with Crippen molar-refractivity contribution in [2.75, 3.05) is 6.54 Å². The van der Waals surface area contributed by atoms with Gasteiger partial charge < -0.3 is 15.6 Å². The minimum Gasteiger partial charge on any atom is -0.346 e. The van der Waals surface area contributed by atoms with E-state index in [1.54, 1.807) is 20.0 Å². The van der Waals surface area contributed by atoms with Gasteiger partial charge in [-0.1, -0.05) is 0 Å². The Hall–Kier alpha value is -2.74. The molecule has 0 fully saturated rings. The fraction of sp³-hybridized carbons (Fsp3) is 0.286. The number of amides is 1. The van der Waals surface area contributed by atoms with Crippen LogP contribution < -0.4 is 11.1 Å². The zero-order valence-corrected chi connectivity index (χ0v) is 12.3. The van der Waals surface area contributed by atoms with E-state index < -0.39 is 16.4 Å². The number of benzene rings is 1. The van der Waals surface area contributed by atoms with Crippen LogP contribution in [0.1, 0.15) is 24.2 Å². The van der Waals surface area contributed by atoms with Crippen LogP contribution in [0.15, 0.2) is 36.9 Å². The summed E-state index contributed by atoms with van der Waals surface area (Å²) in [6.07, 6.45) is 4.58. The van der Waals surface area contributed by atoms with Crippen molar-refractivity contribution in [3.05, 3.63) is 52.6 Å². The normalized spacial score (nSPS) is 11.2. The molecule has 0 spiro atoms. The van der Waals surface area contributed by atoms with E-state index >= 15 is 0 Å². The number of nitrogens with zero attached hydrogens (tertiary/aromatic N) is 3. The van der Waals surface area contributed by atoms with Gasteiger partial charge in [0.15, 0.2) is 0 Å². The Balaban J connectivity index is 2.38. The fourth-order valence-corrected chi connectivity index (χ4v) is 1.86. The van der Waals surface area contributed by atoms with Crippen molar-refractivity contribution < 1.29 is 9.72 Å². The topological polar surface area (TPSA) is 116 Å². The van der Waals surface area contributed by atoms with Crippen LogP contribution in [0.3, 0.4) is 0 Å². The highest BCUT2D eigenvalue weighted by Gasteiger charge is 2.22. The highest BCUT2D eigenvalue weighted by Crippen LogP contribution is 2.24. The zero-order valence-electron chi connectivity index (χ0n) is 12.3. The summed E-state index contributed by atoms with van der Waals surface area (Å²) in [5.41, 5.74) is 5.36. The molecular weight excluding hydrogens is 286 g/mol. The largest absolute Gasteiger partial charge is 0.346 e. The molecule has 0 aliphatic rings. The number of aromatic nitrogens is 2. The molecule has 1 aromatic heterocycles. The van der Waals surface area contributed by atoms with Gasteiger partial charge in [-0.25, -0.2) is 4.98 Å². The zero-order chi connectivity index (χ0) is 16.3. The van der Waals surface area contributed by atoms with Crippen molar-refractivity contribution in [2.24, 2.45) is 5.73 Å². The Bertz CT molecular complexity index is 695. The number of rotatable bonds is 5. The Morgan fingerprint density at radius 1 is 1.50 bits per heavy atom. The average Bonchev–Trinajstić information content (AvgIpc) is 3.00. The van der Waals surface area contributed by atoms with Crippen LogP contribution in [0, 0.1) is 10.1 Å². The molecule has 0 radical (unpaired) electrons. The van der Waals surface area contributed by atoms with Crippen molar-refractivity contribution in [1.82, 2.24) is 14.9 Å². The number of nitro benzene ring substituents is 1. The molecule has 0 bridgehead atoms. The average molecular weight is 303 g/mol. The van der Waals surface area contributed by atoms with Crippen molar-refractivity contribution in [2.45, 2.75) is 19.4 Å². The molecule has 1 amide bonds. The van der Waals surface area contributed by atoms with Crippen molar-refractivity contribution in [1.29, 1.82) is 0 Å². The molecule has 1 heterocycles. The molecule has 8 nitrogen and oxygen atoms in total. The van der Waals surface area contributed by atoms with Crippen LogP contribution in [-0.2, 0) is 0 Å². The maximum atomic E-state index is 12.2. The standard InChI is InChI=1S/C14H17N5O3/c1-14(2,8-15)17-13(20)10-3-4-11(12(7-10)19(21)22)18-6-5-16-9-18/h3-7,9H,8,15H2,1-2H3,(H,17,20). The number of hydrogen-bond acceptors (Lipinski definition) is 5. The van der Waals surface area contributed by atoms with Gasteiger partial charge in [-0.3, -0.25) is 14.9 Å². The number of carbonyl (C=O) groups is 1. The molecule has 8 heteroatoms. The van der Waals surface area contributed by atoms with E-state index in [0.29, 0.717) is 5.69 Å². The number of imidazole rings is 1. The summed E-state index contributed by atoms with van der Waals surface area (Å²) in [4.78, 5) is 26.8. The smallest absolute Gasteiger partial charge is 0.294 e. The number of nitrogens with one attached hydrogen (secondary N) is 1. The van der Waals surface area contributed by atoms with E-state index in [1.165, 1.54) is 35.3 Å². The van der Waals surface area contributed by atoms with Gasteiger partial charge in [0.1, 0.15) is 5.69 Å². The highest BCUT2D eigenvalue weighted by molar-refractivity contribution is 5.95. The van der Waals surface area contributed by atoms with Crippen LogP contribution in [0.25, 0.3) is 5.69 Å². The molecule has 0 aliphatic heterocycles. The molecule has 3 N–H and O–H groups in total. The first-order valence-corrected chi connectivity index (χ1v) is 6.63. The summed E-state index contributed by atoms with van der Waals surface area (Å²) in [6, 6.07) is 4.30. The molecule has 0 unspecified atom stereocenters. The van der Waals surface area contributed by atoms with Gasteiger partial charge in [0.25, 0.3) is 11.6 Å². The van der Waals surface area contributed by atoms with Gasteiger partial charge >= 0.3 is 0 Å². The van der Waals surface area contributed by atoms with Gasteiger partial charge in [0.05, 0.1) is 11.3 Å². The predicted octanol–water partition coefficient (Wildman–Crippen LogP) is 1.25. The number of hydrogen-bond donors (Lipinski definition) is 2. The molecule has 0 saturated carbocycles. The monoisotopic (exact) mass is 303 g/mol. The molecule has 0 aliphatic carbocycles. The third-order valence-corrected chi connectivity index (χ3v) is 3.18. The van der Waals surface area contributed by atoms with Crippen LogP contribution >= 0.6 is 0 Å². The fourth-order valence-electron chi connectivity index (χ4n) is 1.86. The second-order valence-corrected chi connectivity index (χ2v) is 5.47. The second-order valence-electron chi connectivity index (χ2n) is 5.47. The Kier molecular flexibility index (Phi) is 4.22. The number of carbonyl (C=O) groups excluding carboxylic acids is 1. The number of nitro groups is 1. The molecule has 0 saturated heterocycles. The first kappa shape index (κ1) is 15.6. The SMILES string of the molecule is CC(C)(CN)NC(=O)c1ccc(-n2ccnc2)c([N+](=O)[O-])c1. The molecule has 2 aromatic rings. The van der Waals surface area contributed by atoms with E-state index in [0.717, 1.165) is 0 Å². The Morgan fingerprint density at radius 3 is 2.77 bits per heavy atom. The predicted molar refractivity (Wildman–Crippen MR) is 80.8 cm³/mol. The summed E-state index contributed by atoms with van der Waals surface area (Å²) in [6.45, 7) is 3.81. The third-order valence-electron chi connectivity index (χ3n) is 3.18. The molecule has 0 atom stereocenters. The van der Waals surface area contributed by atoms with Gasteiger partial charge in [-0.15, -0.1) is 0 Å². The molecule has 116 valence electrons. The lowest BCUT2D eigenvalue weighted by atomic mass is 10.0. The summed E-state index contributed by atoms with van der Waals surface area (Å²) < 4.78 is 1.52. The van der Waals surface area contributed by atoms with Crippen LogP contribution in [0.2, 0.25) is 0 Å². The minimum atomic E-state index is -0.588. The Morgan fingerprint density at radius 2 is 2.23 bits per heavy atom.